The van der Waals surface area contributed by atoms with E-state index in [4.69, 9.17) is 0 Å². The molecule has 3 fully saturated rings. The van der Waals surface area contributed by atoms with Gasteiger partial charge in [-0.2, -0.15) is 10.2 Å². The van der Waals surface area contributed by atoms with Crippen LogP contribution in [0.2, 0.25) is 0 Å². The fourth-order valence-electron chi connectivity index (χ4n) is 3.92. The Hall–Kier alpha value is -0.400. The van der Waals surface area contributed by atoms with Crippen LogP contribution in [0.25, 0.3) is 0 Å². The number of hydrogen-bond donors (Lipinski definition) is 0. The van der Waals surface area contributed by atoms with Gasteiger partial charge in [-0.1, -0.05) is 0 Å². The molecule has 0 N–H and O–H groups in total. The van der Waals surface area contributed by atoms with E-state index in [1.165, 1.54) is 25.7 Å². The first-order chi connectivity index (χ1) is 5.95. The summed E-state index contributed by atoms with van der Waals surface area (Å²) in [6.07, 6.45) is 5.72. The van der Waals surface area contributed by atoms with E-state index in [1.807, 2.05) is 0 Å². The highest BCUT2D eigenvalue weighted by Crippen LogP contribution is 2.67. The molecular weight excluding hydrogens is 148 g/mol. The molecule has 3 saturated carbocycles. The number of hydrogen-bond acceptors (Lipinski definition) is 2. The van der Waals surface area contributed by atoms with Crippen molar-refractivity contribution in [3.05, 3.63) is 0 Å². The molecule has 3 aliphatic carbocycles. The molecule has 2 heteroatoms. The summed E-state index contributed by atoms with van der Waals surface area (Å²) in [5.41, 5.74) is 0. The van der Waals surface area contributed by atoms with Crippen LogP contribution in [0.1, 0.15) is 25.7 Å². The first-order valence-corrected chi connectivity index (χ1v) is 5.35. The normalized spacial score (nSPS) is 64.7. The molecule has 0 aromatic carbocycles. The van der Waals surface area contributed by atoms with Crippen molar-refractivity contribution in [3.63, 3.8) is 0 Å². The second kappa shape index (κ2) is 1.75. The van der Waals surface area contributed by atoms with E-state index in [0.717, 1.165) is 23.7 Å². The lowest BCUT2D eigenvalue weighted by atomic mass is 9.95. The van der Waals surface area contributed by atoms with Crippen molar-refractivity contribution in [3.8, 4) is 0 Å². The highest BCUT2D eigenvalue weighted by atomic mass is 15.2. The largest absolute Gasteiger partial charge is 0.190 e. The fraction of sp³-hybridized carbons (Fsp3) is 1.00. The van der Waals surface area contributed by atoms with Crippen LogP contribution in [0.15, 0.2) is 10.2 Å². The summed E-state index contributed by atoms with van der Waals surface area (Å²) >= 11 is 0. The molecule has 4 aliphatic rings. The van der Waals surface area contributed by atoms with Gasteiger partial charge in [0, 0.05) is 5.92 Å². The molecule has 2 unspecified atom stereocenters. The predicted molar refractivity (Wildman–Crippen MR) is 44.9 cm³/mol. The number of nitrogens with zero attached hydrogens (tertiary/aromatic N) is 2. The van der Waals surface area contributed by atoms with Crippen molar-refractivity contribution in [1.29, 1.82) is 0 Å². The van der Waals surface area contributed by atoms with Crippen LogP contribution in [0.4, 0.5) is 0 Å². The lowest BCUT2D eigenvalue weighted by molar-refractivity contribution is 0.417. The summed E-state index contributed by atoms with van der Waals surface area (Å²) in [4.78, 5) is 0. The Morgan fingerprint density at radius 1 is 0.667 bits per heavy atom. The van der Waals surface area contributed by atoms with E-state index < -0.39 is 0 Å². The van der Waals surface area contributed by atoms with Crippen LogP contribution < -0.4 is 0 Å². The highest BCUT2D eigenvalue weighted by Gasteiger charge is 2.64. The summed E-state index contributed by atoms with van der Waals surface area (Å²) in [6, 6.07) is 1.32. The van der Waals surface area contributed by atoms with Crippen molar-refractivity contribution in [2.75, 3.05) is 0 Å². The van der Waals surface area contributed by atoms with Gasteiger partial charge >= 0.3 is 0 Å². The summed E-state index contributed by atoms with van der Waals surface area (Å²) < 4.78 is 0. The van der Waals surface area contributed by atoms with Gasteiger partial charge in [0.2, 0.25) is 0 Å². The third-order valence-corrected chi connectivity index (χ3v) is 4.69. The minimum atomic E-state index is 0.658. The lowest BCUT2D eigenvalue weighted by Gasteiger charge is -2.10. The Labute approximate surface area is 72.4 Å². The first kappa shape index (κ1) is 6.11. The SMILES string of the molecule is C1C[C@H]2N=N[C@@H]1C2C1[C@H]2CC[C@@H]12. The summed E-state index contributed by atoms with van der Waals surface area (Å²) in [5, 5.41) is 8.74. The molecule has 1 aliphatic heterocycles. The van der Waals surface area contributed by atoms with Crippen molar-refractivity contribution < 1.29 is 0 Å². The predicted octanol–water partition coefficient (Wildman–Crippen LogP) is 2.26. The van der Waals surface area contributed by atoms with Crippen molar-refractivity contribution >= 4 is 0 Å². The summed E-state index contributed by atoms with van der Waals surface area (Å²) in [5.74, 6) is 4.23. The maximum Gasteiger partial charge on any atom is 0.0761 e. The van der Waals surface area contributed by atoms with Crippen LogP contribution in [0.5, 0.6) is 0 Å². The second-order valence-corrected chi connectivity index (χ2v) is 5.00. The number of fused-ring (bicyclic) bond motifs is 3. The summed E-state index contributed by atoms with van der Waals surface area (Å²) in [6.45, 7) is 0. The van der Waals surface area contributed by atoms with Gasteiger partial charge in [0.05, 0.1) is 12.1 Å². The Morgan fingerprint density at radius 2 is 1.25 bits per heavy atom. The molecule has 1 heterocycles. The molecule has 0 radical (unpaired) electrons. The van der Waals surface area contributed by atoms with Gasteiger partial charge in [-0.3, -0.25) is 0 Å². The highest BCUT2D eigenvalue weighted by molar-refractivity contribution is 5.14. The Bertz CT molecular complexity index is 237. The average molecular weight is 162 g/mol. The molecule has 2 nitrogen and oxygen atoms in total. The quantitative estimate of drug-likeness (QED) is 0.565. The zero-order chi connectivity index (χ0) is 7.71. The molecule has 0 aromatic heterocycles. The van der Waals surface area contributed by atoms with Crippen molar-refractivity contribution in [2.24, 2.45) is 33.9 Å². The Morgan fingerprint density at radius 3 is 1.67 bits per heavy atom. The molecule has 0 saturated heterocycles. The van der Waals surface area contributed by atoms with E-state index in [9.17, 15) is 0 Å². The molecule has 0 amide bonds. The molecule has 12 heavy (non-hydrogen) atoms. The van der Waals surface area contributed by atoms with Crippen LogP contribution >= 0.6 is 0 Å². The van der Waals surface area contributed by atoms with Gasteiger partial charge in [-0.15, -0.1) is 0 Å². The molecular formula is C10H14N2. The number of rotatable bonds is 1. The van der Waals surface area contributed by atoms with E-state index in [-0.39, 0.29) is 0 Å². The van der Waals surface area contributed by atoms with E-state index in [1.54, 1.807) is 0 Å². The minimum absolute atomic E-state index is 0.658. The average Bonchev–Trinajstić information content (AvgIpc) is 2.48. The fourth-order valence-corrected chi connectivity index (χ4v) is 3.92. The third-order valence-electron chi connectivity index (χ3n) is 4.69. The van der Waals surface area contributed by atoms with E-state index >= 15 is 0 Å². The topological polar surface area (TPSA) is 24.7 Å². The third kappa shape index (κ3) is 0.530. The zero-order valence-electron chi connectivity index (χ0n) is 7.19. The number of azo groups is 1. The molecule has 6 atom stereocenters. The standard InChI is InChI=1S/C10H14N2/c1-2-6-5(1)9(6)10-7-3-4-8(10)12-11-7/h5-10H,1-4H2/t5-,6+,7-,8+,9?,10?. The smallest absolute Gasteiger partial charge is 0.0761 e. The van der Waals surface area contributed by atoms with Gasteiger partial charge in [-0.05, 0) is 43.4 Å². The zero-order valence-corrected chi connectivity index (χ0v) is 7.19. The van der Waals surface area contributed by atoms with Gasteiger partial charge in [0.15, 0.2) is 0 Å². The van der Waals surface area contributed by atoms with Crippen LogP contribution in [-0.4, -0.2) is 12.1 Å². The van der Waals surface area contributed by atoms with Crippen LogP contribution in [0, 0.1) is 23.7 Å². The lowest BCUT2D eigenvalue weighted by Crippen LogP contribution is -2.17. The van der Waals surface area contributed by atoms with Gasteiger partial charge in [-0.25, -0.2) is 0 Å². The minimum Gasteiger partial charge on any atom is -0.190 e. The Balaban J connectivity index is 1.63. The molecule has 64 valence electrons. The molecule has 0 aromatic rings. The molecule has 2 bridgehead atoms. The monoisotopic (exact) mass is 162 g/mol. The van der Waals surface area contributed by atoms with Gasteiger partial charge in [0.1, 0.15) is 0 Å². The van der Waals surface area contributed by atoms with E-state index in [0.29, 0.717) is 12.1 Å². The van der Waals surface area contributed by atoms with Crippen LogP contribution in [-0.2, 0) is 0 Å². The van der Waals surface area contributed by atoms with E-state index in [2.05, 4.69) is 10.2 Å². The summed E-state index contributed by atoms with van der Waals surface area (Å²) in [7, 11) is 0. The first-order valence-electron chi connectivity index (χ1n) is 5.35. The van der Waals surface area contributed by atoms with Gasteiger partial charge < -0.3 is 0 Å². The van der Waals surface area contributed by atoms with Gasteiger partial charge in [0.25, 0.3) is 0 Å². The second-order valence-electron chi connectivity index (χ2n) is 5.00. The van der Waals surface area contributed by atoms with Crippen molar-refractivity contribution in [1.82, 2.24) is 0 Å². The van der Waals surface area contributed by atoms with Crippen LogP contribution in [0.3, 0.4) is 0 Å². The maximum absolute atomic E-state index is 4.37. The molecule has 4 rings (SSSR count). The molecule has 0 spiro atoms. The maximum atomic E-state index is 4.37. The Kier molecular flexibility index (Phi) is 0.894. The van der Waals surface area contributed by atoms with Crippen molar-refractivity contribution in [2.45, 2.75) is 37.8 Å².